The minimum atomic E-state index is -1.23. The number of hydrogen-bond donors (Lipinski definition) is 2. The first kappa shape index (κ1) is 9.02. The lowest BCUT2D eigenvalue weighted by Crippen LogP contribution is -2.38. The molecule has 1 aliphatic heterocycles. The number of carbonyl (C=O) groups is 1. The molecule has 0 radical (unpaired) electrons. The molecule has 0 saturated heterocycles. The van der Waals surface area contributed by atoms with Crippen LogP contribution in [0, 0.1) is 0 Å². The summed E-state index contributed by atoms with van der Waals surface area (Å²) >= 11 is 0. The quantitative estimate of drug-likeness (QED) is 0.661. The minimum Gasteiger partial charge on any atom is -0.450 e. The van der Waals surface area contributed by atoms with Gasteiger partial charge in [-0.25, -0.2) is 4.79 Å². The first-order chi connectivity index (χ1) is 6.75. The Kier molecular flexibility index (Phi) is 2.37. The lowest BCUT2D eigenvalue weighted by atomic mass is 10.0. The Balaban J connectivity index is 2.09. The van der Waals surface area contributed by atoms with Crippen molar-refractivity contribution in [1.29, 1.82) is 0 Å². The van der Waals surface area contributed by atoms with Crippen molar-refractivity contribution in [3.63, 3.8) is 0 Å². The third kappa shape index (κ3) is 1.85. The number of hydrogen-bond acceptors (Lipinski definition) is 3. The largest absolute Gasteiger partial charge is 0.507 e. The highest BCUT2D eigenvalue weighted by Gasteiger charge is 2.19. The lowest BCUT2D eigenvalue weighted by molar-refractivity contribution is 0.0331. The number of fused-ring (bicyclic) bond motifs is 1. The van der Waals surface area contributed by atoms with E-state index in [9.17, 15) is 4.79 Å². The van der Waals surface area contributed by atoms with Crippen LogP contribution in [-0.4, -0.2) is 17.5 Å². The van der Waals surface area contributed by atoms with Crippen molar-refractivity contribution >= 4 is 6.16 Å². The van der Waals surface area contributed by atoms with Gasteiger partial charge in [-0.1, -0.05) is 24.3 Å². The number of rotatable bonds is 1. The van der Waals surface area contributed by atoms with Crippen LogP contribution in [-0.2, 0) is 17.7 Å². The van der Waals surface area contributed by atoms with E-state index in [1.165, 1.54) is 5.56 Å². The molecular formula is C10H11NO3. The maximum Gasteiger partial charge on any atom is 0.507 e. The number of carboxylic acid groups (broad SMARTS) is 1. The molecule has 2 rings (SSSR count). The molecule has 0 saturated carbocycles. The summed E-state index contributed by atoms with van der Waals surface area (Å²) in [7, 11) is 0. The van der Waals surface area contributed by atoms with Gasteiger partial charge in [-0.3, -0.25) is 5.32 Å². The van der Waals surface area contributed by atoms with Gasteiger partial charge in [0.05, 0.1) is 0 Å². The average Bonchev–Trinajstić information content (AvgIpc) is 2.17. The summed E-state index contributed by atoms with van der Waals surface area (Å²) in [4.78, 5) is 10.3. The molecule has 0 amide bonds. The van der Waals surface area contributed by atoms with Gasteiger partial charge in [-0.2, -0.15) is 0 Å². The fraction of sp³-hybridized carbons (Fsp3) is 0.300. The molecule has 1 aromatic carbocycles. The van der Waals surface area contributed by atoms with Crippen LogP contribution in [0.5, 0.6) is 0 Å². The number of ether oxygens (including phenoxy) is 1. The molecule has 0 bridgehead atoms. The zero-order valence-corrected chi connectivity index (χ0v) is 7.56. The molecule has 2 N–H and O–H groups in total. The van der Waals surface area contributed by atoms with Crippen LogP contribution < -0.4 is 5.32 Å². The first-order valence-electron chi connectivity index (χ1n) is 4.45. The predicted molar refractivity (Wildman–Crippen MR) is 49.9 cm³/mol. The zero-order chi connectivity index (χ0) is 9.97. The van der Waals surface area contributed by atoms with E-state index in [-0.39, 0.29) is 0 Å². The van der Waals surface area contributed by atoms with E-state index in [0.29, 0.717) is 13.0 Å². The Bertz CT molecular complexity index is 351. The Morgan fingerprint density at radius 3 is 2.86 bits per heavy atom. The Labute approximate surface area is 81.5 Å². The van der Waals surface area contributed by atoms with Crippen molar-refractivity contribution in [3.05, 3.63) is 35.4 Å². The molecule has 74 valence electrons. The van der Waals surface area contributed by atoms with Crippen LogP contribution in [0.2, 0.25) is 0 Å². The Morgan fingerprint density at radius 1 is 1.43 bits per heavy atom. The summed E-state index contributed by atoms with van der Waals surface area (Å²) < 4.78 is 4.65. The summed E-state index contributed by atoms with van der Waals surface area (Å²) in [5, 5.41) is 11.5. The van der Waals surface area contributed by atoms with Gasteiger partial charge in [-0.15, -0.1) is 0 Å². The molecule has 1 atom stereocenters. The van der Waals surface area contributed by atoms with Crippen molar-refractivity contribution in [2.45, 2.75) is 19.2 Å². The topological polar surface area (TPSA) is 58.6 Å². The van der Waals surface area contributed by atoms with Crippen molar-refractivity contribution in [2.75, 3.05) is 0 Å². The van der Waals surface area contributed by atoms with E-state index in [1.54, 1.807) is 0 Å². The van der Waals surface area contributed by atoms with E-state index >= 15 is 0 Å². The first-order valence-corrected chi connectivity index (χ1v) is 4.45. The van der Waals surface area contributed by atoms with E-state index in [0.717, 1.165) is 5.56 Å². The molecule has 0 aliphatic carbocycles. The van der Waals surface area contributed by atoms with Gasteiger partial charge in [0.25, 0.3) is 0 Å². The van der Waals surface area contributed by atoms with Gasteiger partial charge in [0.2, 0.25) is 0 Å². The molecule has 0 spiro atoms. The van der Waals surface area contributed by atoms with Crippen molar-refractivity contribution in [2.24, 2.45) is 0 Å². The van der Waals surface area contributed by atoms with Gasteiger partial charge in [0.1, 0.15) is 0 Å². The van der Waals surface area contributed by atoms with Crippen molar-refractivity contribution < 1.29 is 14.6 Å². The lowest BCUT2D eigenvalue weighted by Gasteiger charge is -2.24. The van der Waals surface area contributed by atoms with Gasteiger partial charge in [-0.05, 0) is 11.1 Å². The third-order valence-electron chi connectivity index (χ3n) is 2.29. The Hall–Kier alpha value is -1.55. The maximum atomic E-state index is 10.3. The van der Waals surface area contributed by atoms with E-state index in [1.807, 2.05) is 24.3 Å². The van der Waals surface area contributed by atoms with E-state index < -0.39 is 12.4 Å². The van der Waals surface area contributed by atoms with Crippen LogP contribution in [0.25, 0.3) is 0 Å². The molecule has 0 fully saturated rings. The molecule has 1 aromatic rings. The normalized spacial score (nSPS) is 19.9. The second-order valence-corrected chi connectivity index (χ2v) is 3.23. The fourth-order valence-corrected chi connectivity index (χ4v) is 1.63. The second-order valence-electron chi connectivity index (χ2n) is 3.23. The predicted octanol–water partition coefficient (Wildman–Crippen LogP) is 1.35. The van der Waals surface area contributed by atoms with Crippen molar-refractivity contribution in [3.8, 4) is 0 Å². The van der Waals surface area contributed by atoms with Crippen molar-refractivity contribution in [1.82, 2.24) is 5.32 Å². The van der Waals surface area contributed by atoms with Gasteiger partial charge >= 0.3 is 6.16 Å². The van der Waals surface area contributed by atoms with Crippen LogP contribution in [0.15, 0.2) is 24.3 Å². The standard InChI is InChI=1S/C10H11NO3/c12-10(13)14-9-5-7-3-1-2-4-8(7)6-11-9/h1-4,9,11H,5-6H2,(H,12,13). The summed E-state index contributed by atoms with van der Waals surface area (Å²) in [5.41, 5.74) is 2.36. The van der Waals surface area contributed by atoms with Gasteiger partial charge < -0.3 is 9.84 Å². The maximum absolute atomic E-state index is 10.3. The third-order valence-corrected chi connectivity index (χ3v) is 2.29. The van der Waals surface area contributed by atoms with Crippen LogP contribution >= 0.6 is 0 Å². The smallest absolute Gasteiger partial charge is 0.450 e. The van der Waals surface area contributed by atoms with Gasteiger partial charge in [0.15, 0.2) is 6.23 Å². The van der Waals surface area contributed by atoms with E-state index in [2.05, 4.69) is 10.1 Å². The molecule has 4 nitrogen and oxygen atoms in total. The monoisotopic (exact) mass is 193 g/mol. The van der Waals surface area contributed by atoms with Gasteiger partial charge in [0, 0.05) is 13.0 Å². The summed E-state index contributed by atoms with van der Waals surface area (Å²) in [5.74, 6) is 0. The molecule has 1 unspecified atom stereocenters. The minimum absolute atomic E-state index is 0.414. The fourth-order valence-electron chi connectivity index (χ4n) is 1.63. The highest BCUT2D eigenvalue weighted by atomic mass is 16.7. The second kappa shape index (κ2) is 3.67. The highest BCUT2D eigenvalue weighted by Crippen LogP contribution is 2.16. The van der Waals surface area contributed by atoms with Crippen LogP contribution in [0.1, 0.15) is 11.1 Å². The molecule has 1 heterocycles. The van der Waals surface area contributed by atoms with Crippen LogP contribution in [0.4, 0.5) is 4.79 Å². The summed E-state index contributed by atoms with van der Waals surface area (Å²) in [6.07, 6.45) is -1.05. The highest BCUT2D eigenvalue weighted by molar-refractivity contribution is 5.57. The van der Waals surface area contributed by atoms with Crippen LogP contribution in [0.3, 0.4) is 0 Å². The SMILES string of the molecule is O=C(O)OC1Cc2ccccc2CN1. The summed E-state index contributed by atoms with van der Waals surface area (Å²) in [6, 6.07) is 7.94. The summed E-state index contributed by atoms with van der Waals surface area (Å²) in [6.45, 7) is 0.661. The molecule has 14 heavy (non-hydrogen) atoms. The zero-order valence-electron chi connectivity index (χ0n) is 7.56. The van der Waals surface area contributed by atoms with E-state index in [4.69, 9.17) is 5.11 Å². The molecule has 1 aliphatic rings. The number of nitrogens with one attached hydrogen (secondary N) is 1. The molecular weight excluding hydrogens is 182 g/mol. The molecule has 4 heteroatoms. The molecule has 0 aromatic heterocycles. The number of benzene rings is 1. The Morgan fingerprint density at radius 2 is 2.14 bits per heavy atom. The average molecular weight is 193 g/mol.